The lowest BCUT2D eigenvalue weighted by molar-refractivity contribution is -0.125. The van der Waals surface area contributed by atoms with E-state index in [4.69, 9.17) is 4.74 Å². The molecule has 0 unspecified atom stereocenters. The normalized spacial score (nSPS) is 13.5. The average molecular weight is 345 g/mol. The first-order chi connectivity index (χ1) is 12.0. The number of rotatable bonds is 4. The van der Waals surface area contributed by atoms with E-state index in [1.807, 2.05) is 0 Å². The van der Waals surface area contributed by atoms with Gasteiger partial charge in [0.1, 0.15) is 12.3 Å². The van der Waals surface area contributed by atoms with E-state index in [-0.39, 0.29) is 24.6 Å². The van der Waals surface area contributed by atoms with Gasteiger partial charge < -0.3 is 4.74 Å². The number of benzene rings is 2. The molecule has 6 nitrogen and oxygen atoms in total. The highest BCUT2D eigenvalue weighted by molar-refractivity contribution is 6.02. The monoisotopic (exact) mass is 345 g/mol. The molecule has 1 aliphatic rings. The Morgan fingerprint density at radius 2 is 2.04 bits per heavy atom. The van der Waals surface area contributed by atoms with E-state index in [1.54, 1.807) is 24.3 Å². The van der Waals surface area contributed by atoms with Gasteiger partial charge in [-0.15, -0.1) is 0 Å². The molecule has 0 saturated heterocycles. The Bertz CT molecular complexity index is 855. The number of para-hydroxylation sites is 2. The first kappa shape index (κ1) is 16.6. The summed E-state index contributed by atoms with van der Waals surface area (Å²) in [6.07, 6.45) is 1.18. The lowest BCUT2D eigenvalue weighted by Crippen LogP contribution is -2.44. The van der Waals surface area contributed by atoms with Crippen molar-refractivity contribution >= 4 is 23.7 Å². The van der Waals surface area contributed by atoms with Gasteiger partial charge >= 0.3 is 0 Å². The van der Waals surface area contributed by atoms with Crippen molar-refractivity contribution in [2.45, 2.75) is 0 Å². The van der Waals surface area contributed by atoms with Crippen LogP contribution in [-0.2, 0) is 9.59 Å². The molecule has 8 heteroatoms. The van der Waals surface area contributed by atoms with Crippen LogP contribution in [0.15, 0.2) is 47.6 Å². The molecular weight excluding hydrogens is 332 g/mol. The third-order valence-corrected chi connectivity index (χ3v) is 3.46. The second kappa shape index (κ2) is 7.08. The van der Waals surface area contributed by atoms with Crippen molar-refractivity contribution in [2.75, 3.05) is 18.1 Å². The predicted molar refractivity (Wildman–Crippen MR) is 86.4 cm³/mol. The zero-order valence-electron chi connectivity index (χ0n) is 12.9. The fraction of sp³-hybridized carbons (Fsp3) is 0.118. The number of hydrogen-bond acceptors (Lipinski definition) is 4. The Morgan fingerprint density at radius 1 is 1.24 bits per heavy atom. The molecule has 0 saturated carbocycles. The highest BCUT2D eigenvalue weighted by Crippen LogP contribution is 2.31. The Labute approximate surface area is 141 Å². The lowest BCUT2D eigenvalue weighted by atomic mass is 10.2. The molecule has 1 heterocycles. The number of ether oxygens (including phenoxy) is 1. The third kappa shape index (κ3) is 3.79. The number of hydrazone groups is 1. The van der Waals surface area contributed by atoms with Crippen molar-refractivity contribution in [2.24, 2.45) is 5.10 Å². The molecule has 3 rings (SSSR count). The maximum atomic E-state index is 13.1. The zero-order valence-corrected chi connectivity index (χ0v) is 12.9. The molecule has 1 aliphatic heterocycles. The van der Waals surface area contributed by atoms with E-state index in [0.29, 0.717) is 11.4 Å². The molecule has 25 heavy (non-hydrogen) atoms. The smallest absolute Gasteiger partial charge is 0.265 e. The number of carbonyl (C=O) groups is 2. The summed E-state index contributed by atoms with van der Waals surface area (Å²) < 4.78 is 31.2. The van der Waals surface area contributed by atoms with Gasteiger partial charge in [-0.1, -0.05) is 18.2 Å². The number of fused-ring (bicyclic) bond motifs is 1. The van der Waals surface area contributed by atoms with Crippen molar-refractivity contribution in [1.82, 2.24) is 5.43 Å². The number of halogens is 2. The van der Waals surface area contributed by atoms with Crippen LogP contribution >= 0.6 is 0 Å². The molecule has 0 bridgehead atoms. The van der Waals surface area contributed by atoms with Gasteiger partial charge in [0.15, 0.2) is 18.2 Å². The van der Waals surface area contributed by atoms with Crippen LogP contribution in [0, 0.1) is 11.6 Å². The minimum atomic E-state index is -1.01. The largest absolute Gasteiger partial charge is 0.482 e. The molecule has 0 spiro atoms. The van der Waals surface area contributed by atoms with Gasteiger partial charge in [-0.2, -0.15) is 5.10 Å². The summed E-state index contributed by atoms with van der Waals surface area (Å²) in [6, 6.07) is 10.1. The van der Waals surface area contributed by atoms with Gasteiger partial charge in [0, 0.05) is 0 Å². The van der Waals surface area contributed by atoms with Gasteiger partial charge in [0.25, 0.3) is 11.8 Å². The third-order valence-electron chi connectivity index (χ3n) is 3.46. The van der Waals surface area contributed by atoms with Crippen LogP contribution < -0.4 is 15.1 Å². The molecule has 1 N–H and O–H groups in total. The first-order valence-corrected chi connectivity index (χ1v) is 7.34. The molecule has 2 aromatic rings. The molecule has 2 amide bonds. The van der Waals surface area contributed by atoms with Crippen molar-refractivity contribution in [3.8, 4) is 5.75 Å². The fourth-order valence-electron chi connectivity index (χ4n) is 2.28. The van der Waals surface area contributed by atoms with Crippen molar-refractivity contribution in [3.63, 3.8) is 0 Å². The molecule has 0 radical (unpaired) electrons. The molecule has 128 valence electrons. The van der Waals surface area contributed by atoms with Gasteiger partial charge in [0.2, 0.25) is 0 Å². The first-order valence-electron chi connectivity index (χ1n) is 7.34. The van der Waals surface area contributed by atoms with Gasteiger partial charge in [0.05, 0.1) is 11.9 Å². The Hall–Kier alpha value is -3.29. The van der Waals surface area contributed by atoms with Crippen LogP contribution in [0.25, 0.3) is 0 Å². The van der Waals surface area contributed by atoms with Crippen LogP contribution in [0.5, 0.6) is 5.75 Å². The fourth-order valence-corrected chi connectivity index (χ4v) is 2.28. The molecule has 0 atom stereocenters. The summed E-state index contributed by atoms with van der Waals surface area (Å²) >= 11 is 0. The summed E-state index contributed by atoms with van der Waals surface area (Å²) in [5, 5.41) is 3.68. The van der Waals surface area contributed by atoms with Crippen molar-refractivity contribution < 1.29 is 23.1 Å². The Balaban J connectivity index is 1.63. The van der Waals surface area contributed by atoms with E-state index >= 15 is 0 Å². The SMILES string of the molecule is O=C(CN1C(=O)COc2ccccc21)N/N=C\c1ccc(F)c(F)c1. The minimum absolute atomic E-state index is 0.150. The maximum absolute atomic E-state index is 13.1. The number of carbonyl (C=O) groups excluding carboxylic acids is 2. The highest BCUT2D eigenvalue weighted by atomic mass is 19.2. The Morgan fingerprint density at radius 3 is 2.84 bits per heavy atom. The van der Waals surface area contributed by atoms with E-state index in [1.165, 1.54) is 17.2 Å². The van der Waals surface area contributed by atoms with E-state index in [9.17, 15) is 18.4 Å². The maximum Gasteiger partial charge on any atom is 0.265 e. The molecule has 0 aromatic heterocycles. The summed E-state index contributed by atoms with van der Waals surface area (Å²) in [4.78, 5) is 25.2. The van der Waals surface area contributed by atoms with Crippen molar-refractivity contribution in [3.05, 3.63) is 59.7 Å². The summed E-state index contributed by atoms with van der Waals surface area (Å²) in [5.74, 6) is -2.35. The number of anilines is 1. The van der Waals surface area contributed by atoms with Crippen LogP contribution in [-0.4, -0.2) is 31.2 Å². The van der Waals surface area contributed by atoms with E-state index < -0.39 is 17.5 Å². The van der Waals surface area contributed by atoms with Crippen LogP contribution in [0.1, 0.15) is 5.56 Å². The van der Waals surface area contributed by atoms with E-state index in [0.717, 1.165) is 12.1 Å². The van der Waals surface area contributed by atoms with Crippen LogP contribution in [0.2, 0.25) is 0 Å². The molecular formula is C17H13F2N3O3. The standard InChI is InChI=1S/C17H13F2N3O3/c18-12-6-5-11(7-13(12)19)8-20-21-16(23)9-22-14-3-1-2-4-15(14)25-10-17(22)24/h1-8H,9-10H2,(H,21,23)/b20-8-. The van der Waals surface area contributed by atoms with Gasteiger partial charge in [-0.3, -0.25) is 14.5 Å². The number of amides is 2. The van der Waals surface area contributed by atoms with Crippen LogP contribution in [0.3, 0.4) is 0 Å². The predicted octanol–water partition coefficient (Wildman–Crippen LogP) is 1.84. The quantitative estimate of drug-likeness (QED) is 0.679. The Kier molecular flexibility index (Phi) is 4.69. The average Bonchev–Trinajstić information content (AvgIpc) is 2.60. The summed E-state index contributed by atoms with van der Waals surface area (Å²) in [7, 11) is 0. The van der Waals surface area contributed by atoms with Crippen LogP contribution in [0.4, 0.5) is 14.5 Å². The topological polar surface area (TPSA) is 71.0 Å². The number of nitrogens with one attached hydrogen (secondary N) is 1. The molecule has 0 aliphatic carbocycles. The molecule has 0 fully saturated rings. The zero-order chi connectivity index (χ0) is 17.8. The van der Waals surface area contributed by atoms with Gasteiger partial charge in [-0.05, 0) is 29.8 Å². The minimum Gasteiger partial charge on any atom is -0.482 e. The second-order valence-electron chi connectivity index (χ2n) is 5.20. The van der Waals surface area contributed by atoms with Crippen molar-refractivity contribution in [1.29, 1.82) is 0 Å². The summed E-state index contributed by atoms with van der Waals surface area (Å²) in [5.41, 5.74) is 3.03. The molecule has 2 aromatic carbocycles. The lowest BCUT2D eigenvalue weighted by Gasteiger charge is -2.28. The van der Waals surface area contributed by atoms with Gasteiger partial charge in [-0.25, -0.2) is 14.2 Å². The second-order valence-corrected chi connectivity index (χ2v) is 5.20. The van der Waals surface area contributed by atoms with E-state index in [2.05, 4.69) is 10.5 Å². The number of nitrogens with zero attached hydrogens (tertiary/aromatic N) is 2. The number of hydrogen-bond donors (Lipinski definition) is 1. The highest BCUT2D eigenvalue weighted by Gasteiger charge is 2.26. The summed E-state index contributed by atoms with van der Waals surface area (Å²) in [6.45, 7) is -0.392.